The first-order valence-electron chi connectivity index (χ1n) is 5.48. The lowest BCUT2D eigenvalue weighted by molar-refractivity contribution is 0.982. The Kier molecular flexibility index (Phi) is 3.32. The van der Waals surface area contributed by atoms with E-state index in [4.69, 9.17) is 0 Å². The number of hydrogen-bond donors (Lipinski definition) is 1. The summed E-state index contributed by atoms with van der Waals surface area (Å²) >= 11 is 1.53. The third-order valence-corrected chi connectivity index (χ3v) is 3.17. The molecule has 0 spiro atoms. The molecule has 0 fully saturated rings. The normalized spacial score (nSPS) is 10.3. The van der Waals surface area contributed by atoms with Crippen LogP contribution in [0.25, 0.3) is 10.7 Å². The maximum atomic E-state index is 4.48. The predicted molar refractivity (Wildman–Crippen MR) is 70.3 cm³/mol. The molecule has 8 heteroatoms. The van der Waals surface area contributed by atoms with Crippen LogP contribution in [0.15, 0.2) is 36.6 Å². The average molecular weight is 271 g/mol. The lowest BCUT2D eigenvalue weighted by Gasteiger charge is -2.00. The van der Waals surface area contributed by atoms with Crippen molar-refractivity contribution in [3.63, 3.8) is 0 Å². The fourth-order valence-electron chi connectivity index (χ4n) is 1.42. The van der Waals surface area contributed by atoms with E-state index in [1.807, 2.05) is 5.38 Å². The first kappa shape index (κ1) is 11.6. The smallest absolute Gasteiger partial charge is 0.225 e. The zero-order valence-electron chi connectivity index (χ0n) is 9.76. The fourth-order valence-corrected chi connectivity index (χ4v) is 2.20. The largest absolute Gasteiger partial charge is 0.348 e. The van der Waals surface area contributed by atoms with Crippen molar-refractivity contribution in [3.8, 4) is 10.7 Å². The summed E-state index contributed by atoms with van der Waals surface area (Å²) in [4.78, 5) is 24.4. The molecule has 94 valence electrons. The van der Waals surface area contributed by atoms with Gasteiger partial charge in [-0.25, -0.2) is 19.9 Å². The van der Waals surface area contributed by atoms with Gasteiger partial charge >= 0.3 is 0 Å². The van der Waals surface area contributed by atoms with E-state index < -0.39 is 0 Å². The molecule has 0 aliphatic rings. The van der Waals surface area contributed by atoms with Gasteiger partial charge < -0.3 is 5.32 Å². The van der Waals surface area contributed by atoms with Crippen molar-refractivity contribution in [3.05, 3.63) is 42.3 Å². The molecule has 0 radical (unpaired) electrons. The minimum Gasteiger partial charge on any atom is -0.348 e. The zero-order chi connectivity index (χ0) is 12.9. The molecule has 3 aromatic heterocycles. The van der Waals surface area contributed by atoms with E-state index in [2.05, 4.69) is 35.2 Å². The van der Waals surface area contributed by atoms with Crippen LogP contribution in [-0.2, 0) is 6.54 Å². The number of rotatable bonds is 4. The first-order valence-corrected chi connectivity index (χ1v) is 6.36. The van der Waals surface area contributed by atoms with E-state index in [0.29, 0.717) is 12.5 Å². The summed E-state index contributed by atoms with van der Waals surface area (Å²) < 4.78 is 0. The highest BCUT2D eigenvalue weighted by atomic mass is 32.1. The molecule has 3 aromatic rings. The van der Waals surface area contributed by atoms with Gasteiger partial charge in [-0.3, -0.25) is 9.97 Å². The molecule has 7 nitrogen and oxygen atoms in total. The van der Waals surface area contributed by atoms with Crippen LogP contribution < -0.4 is 5.32 Å². The zero-order valence-corrected chi connectivity index (χ0v) is 10.6. The van der Waals surface area contributed by atoms with Crippen LogP contribution in [0.3, 0.4) is 0 Å². The number of hydrogen-bond acceptors (Lipinski definition) is 8. The molecule has 3 rings (SSSR count). The summed E-state index contributed by atoms with van der Waals surface area (Å²) in [6.07, 6.45) is 7.88. The van der Waals surface area contributed by atoms with Gasteiger partial charge in [0.1, 0.15) is 23.4 Å². The molecule has 0 bridgehead atoms. The van der Waals surface area contributed by atoms with Crippen molar-refractivity contribution in [2.75, 3.05) is 5.32 Å². The Morgan fingerprint density at radius 2 is 1.95 bits per heavy atom. The van der Waals surface area contributed by atoms with Crippen LogP contribution in [-0.4, -0.2) is 29.9 Å². The van der Waals surface area contributed by atoms with Gasteiger partial charge in [-0.05, 0) is 0 Å². The molecule has 0 unspecified atom stereocenters. The lowest BCUT2D eigenvalue weighted by atomic mass is 10.4. The number of nitrogens with zero attached hydrogens (tertiary/aromatic N) is 6. The summed E-state index contributed by atoms with van der Waals surface area (Å²) in [5.41, 5.74) is 1.69. The predicted octanol–water partition coefficient (Wildman–Crippen LogP) is 1.40. The molecule has 0 aliphatic carbocycles. The maximum absolute atomic E-state index is 4.48. The summed E-state index contributed by atoms with van der Waals surface area (Å²) in [6, 6.07) is 0. The monoisotopic (exact) mass is 271 g/mol. The summed E-state index contributed by atoms with van der Waals surface area (Å²) in [6.45, 7) is 0.556. The third kappa shape index (κ3) is 2.86. The topological polar surface area (TPSA) is 89.4 Å². The van der Waals surface area contributed by atoms with Crippen LogP contribution >= 0.6 is 11.3 Å². The number of aromatic nitrogens is 6. The van der Waals surface area contributed by atoms with Gasteiger partial charge in [0.25, 0.3) is 0 Å². The molecule has 1 N–H and O–H groups in total. The SMILES string of the molecule is c1cnc(-c2nc(CNc3ncncn3)cs2)cn1. The summed E-state index contributed by atoms with van der Waals surface area (Å²) in [7, 11) is 0. The first-order chi connectivity index (χ1) is 9.42. The average Bonchev–Trinajstić information content (AvgIpc) is 2.96. The second kappa shape index (κ2) is 5.44. The van der Waals surface area contributed by atoms with Crippen molar-refractivity contribution < 1.29 is 0 Å². The lowest BCUT2D eigenvalue weighted by Crippen LogP contribution is -2.03. The van der Waals surface area contributed by atoms with Crippen molar-refractivity contribution in [1.82, 2.24) is 29.9 Å². The Balaban J connectivity index is 1.69. The molecule has 0 amide bonds. The van der Waals surface area contributed by atoms with Crippen LogP contribution in [0.5, 0.6) is 0 Å². The molecule has 19 heavy (non-hydrogen) atoms. The van der Waals surface area contributed by atoms with Crippen LogP contribution in [0.4, 0.5) is 5.95 Å². The highest BCUT2D eigenvalue weighted by Crippen LogP contribution is 2.20. The van der Waals surface area contributed by atoms with Gasteiger partial charge in [0.05, 0.1) is 18.4 Å². The van der Waals surface area contributed by atoms with Crippen LogP contribution in [0, 0.1) is 0 Å². The van der Waals surface area contributed by atoms with E-state index in [1.165, 1.54) is 24.0 Å². The van der Waals surface area contributed by atoms with E-state index in [0.717, 1.165) is 16.4 Å². The third-order valence-electron chi connectivity index (χ3n) is 2.26. The summed E-state index contributed by atoms with van der Waals surface area (Å²) in [5, 5.41) is 5.89. The minimum absolute atomic E-state index is 0.532. The van der Waals surface area contributed by atoms with Gasteiger partial charge in [0.15, 0.2) is 0 Å². The van der Waals surface area contributed by atoms with E-state index >= 15 is 0 Å². The Morgan fingerprint density at radius 1 is 1.05 bits per heavy atom. The van der Waals surface area contributed by atoms with Crippen molar-refractivity contribution in [2.24, 2.45) is 0 Å². The summed E-state index contributed by atoms with van der Waals surface area (Å²) in [5.74, 6) is 0.532. The molecule has 0 aliphatic heterocycles. The second-order valence-corrected chi connectivity index (χ2v) is 4.41. The molecular weight excluding hydrogens is 262 g/mol. The maximum Gasteiger partial charge on any atom is 0.225 e. The Labute approximate surface area is 112 Å². The highest BCUT2D eigenvalue weighted by molar-refractivity contribution is 7.13. The molecular formula is C11H9N7S. The van der Waals surface area contributed by atoms with Crippen molar-refractivity contribution in [1.29, 1.82) is 0 Å². The van der Waals surface area contributed by atoms with Crippen LogP contribution in [0.1, 0.15) is 5.69 Å². The standard InChI is InChI=1S/C11H9N7S/c1-2-14-9(4-12-1)10-18-8(5-19-10)3-15-11-16-6-13-7-17-11/h1-2,4-7H,3H2,(H,13,15,16,17). The second-order valence-electron chi connectivity index (χ2n) is 3.55. The number of nitrogens with one attached hydrogen (secondary N) is 1. The van der Waals surface area contributed by atoms with Crippen molar-refractivity contribution in [2.45, 2.75) is 6.54 Å². The quantitative estimate of drug-likeness (QED) is 0.767. The van der Waals surface area contributed by atoms with Gasteiger partial charge in [-0.15, -0.1) is 11.3 Å². The Bertz CT molecular complexity index is 640. The Morgan fingerprint density at radius 3 is 2.74 bits per heavy atom. The molecule has 3 heterocycles. The number of anilines is 1. The van der Waals surface area contributed by atoms with Gasteiger partial charge in [-0.1, -0.05) is 0 Å². The van der Waals surface area contributed by atoms with E-state index in [1.54, 1.807) is 18.6 Å². The molecule has 0 saturated heterocycles. The van der Waals surface area contributed by atoms with E-state index in [-0.39, 0.29) is 0 Å². The molecule has 0 atom stereocenters. The minimum atomic E-state index is 0.532. The van der Waals surface area contributed by atoms with Crippen LogP contribution in [0.2, 0.25) is 0 Å². The highest BCUT2D eigenvalue weighted by Gasteiger charge is 2.06. The van der Waals surface area contributed by atoms with Crippen molar-refractivity contribution >= 4 is 17.3 Å². The fraction of sp³-hybridized carbons (Fsp3) is 0.0909. The van der Waals surface area contributed by atoms with Gasteiger partial charge in [0.2, 0.25) is 5.95 Å². The Hall–Kier alpha value is -2.48. The van der Waals surface area contributed by atoms with Gasteiger partial charge in [-0.2, -0.15) is 0 Å². The van der Waals surface area contributed by atoms with E-state index in [9.17, 15) is 0 Å². The molecule has 0 aromatic carbocycles. The van der Waals surface area contributed by atoms with Gasteiger partial charge in [0, 0.05) is 17.8 Å². The number of thiazole rings is 1. The molecule has 0 saturated carbocycles.